The Balaban J connectivity index is 0.00000121. The summed E-state index contributed by atoms with van der Waals surface area (Å²) in [6.07, 6.45) is 5.21. The van der Waals surface area contributed by atoms with E-state index in [0.29, 0.717) is 12.0 Å². The highest BCUT2D eigenvalue weighted by Gasteiger charge is 2.32. The summed E-state index contributed by atoms with van der Waals surface area (Å²) in [4.78, 5) is 2.55. The molecular weight excluding hydrogens is 346 g/mol. The van der Waals surface area contributed by atoms with Gasteiger partial charge < -0.3 is 5.32 Å². The molecule has 1 saturated carbocycles. The Labute approximate surface area is 149 Å². The molecule has 1 saturated heterocycles. The van der Waals surface area contributed by atoms with Crippen molar-refractivity contribution in [1.82, 2.24) is 10.2 Å². The van der Waals surface area contributed by atoms with E-state index in [2.05, 4.69) is 10.2 Å². The van der Waals surface area contributed by atoms with Gasteiger partial charge in [0.05, 0.1) is 5.02 Å². The standard InChI is InChI=1S/C16H22ClFN2.2ClH/c17-14-11-13(5-6-15(14)18)16(12-3-1-2-4-12)20-9-7-19-8-10-20;;/h5-6,11-12,16,19H,1-4,7-10H2;2*1H/t16-;;/m1../s1. The molecule has 0 aromatic heterocycles. The lowest BCUT2D eigenvalue weighted by atomic mass is 9.89. The van der Waals surface area contributed by atoms with E-state index in [0.717, 1.165) is 26.2 Å². The molecule has 0 amide bonds. The van der Waals surface area contributed by atoms with E-state index < -0.39 is 0 Å². The third kappa shape index (κ3) is 4.48. The molecular formula is C16H24Cl3FN2. The number of benzene rings is 1. The zero-order valence-electron chi connectivity index (χ0n) is 12.6. The maximum Gasteiger partial charge on any atom is 0.141 e. The zero-order chi connectivity index (χ0) is 13.9. The molecule has 2 fully saturated rings. The molecule has 3 rings (SSSR count). The summed E-state index contributed by atoms with van der Waals surface area (Å²) in [5, 5.41) is 3.65. The summed E-state index contributed by atoms with van der Waals surface area (Å²) < 4.78 is 13.4. The molecule has 126 valence electrons. The molecule has 2 nitrogen and oxygen atoms in total. The molecule has 1 heterocycles. The Bertz CT molecular complexity index is 461. The van der Waals surface area contributed by atoms with Gasteiger partial charge in [0.25, 0.3) is 0 Å². The normalized spacial score (nSPS) is 21.0. The molecule has 0 radical (unpaired) electrons. The van der Waals surface area contributed by atoms with Crippen LogP contribution in [0.15, 0.2) is 18.2 Å². The molecule has 0 bridgehead atoms. The quantitative estimate of drug-likeness (QED) is 0.846. The average molecular weight is 370 g/mol. The van der Waals surface area contributed by atoms with Crippen molar-refractivity contribution in [3.63, 3.8) is 0 Å². The molecule has 0 spiro atoms. The first-order valence-electron chi connectivity index (χ1n) is 7.65. The van der Waals surface area contributed by atoms with Crippen LogP contribution in [0.1, 0.15) is 37.3 Å². The van der Waals surface area contributed by atoms with Gasteiger partial charge in [0.2, 0.25) is 0 Å². The summed E-state index contributed by atoms with van der Waals surface area (Å²) in [6, 6.07) is 5.67. The second-order valence-corrected chi connectivity index (χ2v) is 6.36. The van der Waals surface area contributed by atoms with E-state index in [9.17, 15) is 4.39 Å². The van der Waals surface area contributed by atoms with Gasteiger partial charge in [0.15, 0.2) is 0 Å². The second-order valence-electron chi connectivity index (χ2n) is 5.95. The largest absolute Gasteiger partial charge is 0.314 e. The second kappa shape index (κ2) is 9.29. The molecule has 22 heavy (non-hydrogen) atoms. The third-order valence-electron chi connectivity index (χ3n) is 4.68. The first-order valence-corrected chi connectivity index (χ1v) is 8.03. The Hall–Kier alpha value is -0.0600. The van der Waals surface area contributed by atoms with Crippen LogP contribution in [0.3, 0.4) is 0 Å². The van der Waals surface area contributed by atoms with Gasteiger partial charge in [-0.05, 0) is 36.5 Å². The summed E-state index contributed by atoms with van der Waals surface area (Å²) in [5.74, 6) is 0.371. The molecule has 1 aliphatic heterocycles. The van der Waals surface area contributed by atoms with Crippen molar-refractivity contribution < 1.29 is 4.39 Å². The fourth-order valence-electron chi connectivity index (χ4n) is 3.71. The van der Waals surface area contributed by atoms with Crippen LogP contribution in [-0.2, 0) is 0 Å². The molecule has 1 aromatic rings. The Morgan fingerprint density at radius 3 is 2.36 bits per heavy atom. The first-order chi connectivity index (χ1) is 9.75. The smallest absolute Gasteiger partial charge is 0.141 e. The van der Waals surface area contributed by atoms with Gasteiger partial charge in [0, 0.05) is 32.2 Å². The minimum atomic E-state index is -0.319. The first kappa shape index (κ1) is 20.0. The van der Waals surface area contributed by atoms with E-state index in [4.69, 9.17) is 11.6 Å². The molecule has 6 heteroatoms. The SMILES string of the molecule is Cl.Cl.Fc1ccc([C@@H](C2CCCC2)N2CCNCC2)cc1Cl. The molecule has 2 aliphatic rings. The van der Waals surface area contributed by atoms with Crippen molar-refractivity contribution in [3.8, 4) is 0 Å². The van der Waals surface area contributed by atoms with E-state index in [-0.39, 0.29) is 35.7 Å². The average Bonchev–Trinajstić information content (AvgIpc) is 2.98. The highest BCUT2D eigenvalue weighted by molar-refractivity contribution is 6.30. The highest BCUT2D eigenvalue weighted by atomic mass is 35.5. The fraction of sp³-hybridized carbons (Fsp3) is 0.625. The van der Waals surface area contributed by atoms with Crippen molar-refractivity contribution in [3.05, 3.63) is 34.6 Å². The monoisotopic (exact) mass is 368 g/mol. The number of nitrogens with one attached hydrogen (secondary N) is 1. The lowest BCUT2D eigenvalue weighted by Crippen LogP contribution is -2.46. The summed E-state index contributed by atoms with van der Waals surface area (Å²) in [5.41, 5.74) is 1.19. The van der Waals surface area contributed by atoms with Gasteiger partial charge in [-0.3, -0.25) is 4.90 Å². The minimum Gasteiger partial charge on any atom is -0.314 e. The Kier molecular flexibility index (Phi) is 8.44. The maximum atomic E-state index is 13.4. The fourth-order valence-corrected chi connectivity index (χ4v) is 3.90. The zero-order valence-corrected chi connectivity index (χ0v) is 15.0. The Morgan fingerprint density at radius 2 is 1.77 bits per heavy atom. The van der Waals surface area contributed by atoms with Gasteiger partial charge in [0.1, 0.15) is 5.82 Å². The van der Waals surface area contributed by atoms with Gasteiger partial charge in [-0.2, -0.15) is 0 Å². The molecule has 1 atom stereocenters. The van der Waals surface area contributed by atoms with E-state index in [1.807, 2.05) is 12.1 Å². The van der Waals surface area contributed by atoms with Crippen molar-refractivity contribution in [1.29, 1.82) is 0 Å². The van der Waals surface area contributed by atoms with Crippen LogP contribution in [0.5, 0.6) is 0 Å². The molecule has 1 aromatic carbocycles. The number of rotatable bonds is 3. The number of piperazine rings is 1. The topological polar surface area (TPSA) is 15.3 Å². The van der Waals surface area contributed by atoms with Crippen LogP contribution in [-0.4, -0.2) is 31.1 Å². The van der Waals surface area contributed by atoms with E-state index >= 15 is 0 Å². The molecule has 1 aliphatic carbocycles. The summed E-state index contributed by atoms with van der Waals surface area (Å²) in [7, 11) is 0. The van der Waals surface area contributed by atoms with Crippen LogP contribution in [0.2, 0.25) is 5.02 Å². The number of nitrogens with zero attached hydrogens (tertiary/aromatic N) is 1. The van der Waals surface area contributed by atoms with Crippen molar-refractivity contribution in [2.75, 3.05) is 26.2 Å². The van der Waals surface area contributed by atoms with Gasteiger partial charge in [-0.1, -0.05) is 30.5 Å². The lowest BCUT2D eigenvalue weighted by Gasteiger charge is -2.38. The van der Waals surface area contributed by atoms with E-state index in [1.54, 1.807) is 0 Å². The van der Waals surface area contributed by atoms with Crippen LogP contribution in [0.25, 0.3) is 0 Å². The van der Waals surface area contributed by atoms with Gasteiger partial charge in [-0.15, -0.1) is 24.8 Å². The maximum absolute atomic E-state index is 13.4. The van der Waals surface area contributed by atoms with Crippen LogP contribution in [0.4, 0.5) is 4.39 Å². The number of hydrogen-bond acceptors (Lipinski definition) is 2. The molecule has 1 N–H and O–H groups in total. The predicted octanol–water partition coefficient (Wildman–Crippen LogP) is 4.46. The predicted molar refractivity (Wildman–Crippen MR) is 95.0 cm³/mol. The molecule has 0 unspecified atom stereocenters. The van der Waals surface area contributed by atoms with Crippen LogP contribution in [0, 0.1) is 11.7 Å². The van der Waals surface area contributed by atoms with Crippen molar-refractivity contribution in [2.24, 2.45) is 5.92 Å². The van der Waals surface area contributed by atoms with Crippen molar-refractivity contribution >= 4 is 36.4 Å². The van der Waals surface area contributed by atoms with E-state index in [1.165, 1.54) is 37.3 Å². The number of halogens is 4. The summed E-state index contributed by atoms with van der Waals surface area (Å²) >= 11 is 6.00. The highest BCUT2D eigenvalue weighted by Crippen LogP contribution is 2.40. The summed E-state index contributed by atoms with van der Waals surface area (Å²) in [6.45, 7) is 4.21. The third-order valence-corrected chi connectivity index (χ3v) is 4.97. The lowest BCUT2D eigenvalue weighted by molar-refractivity contribution is 0.125. The Morgan fingerprint density at radius 1 is 1.14 bits per heavy atom. The van der Waals surface area contributed by atoms with Crippen LogP contribution < -0.4 is 5.32 Å². The number of hydrogen-bond donors (Lipinski definition) is 1. The van der Waals surface area contributed by atoms with Gasteiger partial charge >= 0.3 is 0 Å². The van der Waals surface area contributed by atoms with Gasteiger partial charge in [-0.25, -0.2) is 4.39 Å². The van der Waals surface area contributed by atoms with Crippen LogP contribution >= 0.6 is 36.4 Å². The minimum absolute atomic E-state index is 0. The van der Waals surface area contributed by atoms with Crippen molar-refractivity contribution in [2.45, 2.75) is 31.7 Å².